The van der Waals surface area contributed by atoms with Crippen molar-refractivity contribution in [2.75, 3.05) is 5.32 Å². The fourth-order valence-corrected chi connectivity index (χ4v) is 3.10. The molecule has 3 aromatic heterocycles. The number of aliphatic hydroxyl groups excluding tert-OH is 2. The van der Waals surface area contributed by atoms with Crippen LogP contribution in [-0.4, -0.2) is 34.4 Å². The van der Waals surface area contributed by atoms with Gasteiger partial charge in [0.05, 0.1) is 35.8 Å². The minimum atomic E-state index is -4.56. The fourth-order valence-electron chi connectivity index (χ4n) is 3.10. The first-order valence-corrected chi connectivity index (χ1v) is 8.87. The molecule has 1 aromatic carbocycles. The number of pyridine rings is 1. The van der Waals surface area contributed by atoms with Crippen LogP contribution in [0.1, 0.15) is 22.6 Å². The van der Waals surface area contributed by atoms with Crippen LogP contribution in [0.5, 0.6) is 0 Å². The molecule has 3 N–H and O–H groups in total. The number of rotatable bonds is 5. The lowest BCUT2D eigenvalue weighted by Gasteiger charge is -2.14. The molecule has 0 spiro atoms. The van der Waals surface area contributed by atoms with Crippen LogP contribution >= 0.6 is 0 Å². The van der Waals surface area contributed by atoms with Gasteiger partial charge in [-0.3, -0.25) is 0 Å². The van der Waals surface area contributed by atoms with E-state index in [1.54, 1.807) is 25.1 Å². The van der Waals surface area contributed by atoms with Crippen molar-refractivity contribution in [2.24, 2.45) is 0 Å². The second kappa shape index (κ2) is 7.43. The number of aryl methyl sites for hydroxylation is 1. The minimum Gasteiger partial charge on any atom is -0.392 e. The van der Waals surface area contributed by atoms with Gasteiger partial charge in [-0.1, -0.05) is 0 Å². The van der Waals surface area contributed by atoms with E-state index >= 15 is 0 Å². The van der Waals surface area contributed by atoms with Crippen molar-refractivity contribution in [3.05, 3.63) is 65.6 Å². The lowest BCUT2D eigenvalue weighted by atomic mass is 10.1. The summed E-state index contributed by atoms with van der Waals surface area (Å²) in [7, 11) is 0. The maximum absolute atomic E-state index is 13.3. The number of fused-ring (bicyclic) bond motifs is 1. The molecule has 3 heterocycles. The third-order valence-electron chi connectivity index (χ3n) is 4.47. The second-order valence-electron chi connectivity index (χ2n) is 6.62. The van der Waals surface area contributed by atoms with E-state index < -0.39 is 18.3 Å². The van der Waals surface area contributed by atoms with E-state index in [9.17, 15) is 23.4 Å². The second-order valence-corrected chi connectivity index (χ2v) is 6.62. The number of aliphatic hydroxyl groups is 2. The number of anilines is 2. The van der Waals surface area contributed by atoms with Gasteiger partial charge in [0, 0.05) is 23.6 Å². The molecule has 0 saturated heterocycles. The third-order valence-corrected chi connectivity index (χ3v) is 4.47. The fraction of sp³-hybridized carbons (Fsp3) is 0.211. The van der Waals surface area contributed by atoms with E-state index in [2.05, 4.69) is 20.4 Å². The Kier molecular flexibility index (Phi) is 4.92. The van der Waals surface area contributed by atoms with Crippen molar-refractivity contribution < 1.29 is 23.4 Å². The highest BCUT2D eigenvalue weighted by Gasteiger charge is 2.32. The zero-order valence-electron chi connectivity index (χ0n) is 15.7. The molecule has 0 atom stereocenters. The molecule has 11 heteroatoms. The zero-order valence-corrected chi connectivity index (χ0v) is 15.7. The van der Waals surface area contributed by atoms with Crippen LogP contribution in [0.2, 0.25) is 0 Å². The first kappa shape index (κ1) is 19.9. The van der Waals surface area contributed by atoms with Crippen molar-refractivity contribution in [3.63, 3.8) is 0 Å². The Hall–Kier alpha value is -3.44. The molecule has 0 fully saturated rings. The Bertz CT molecular complexity index is 1210. The summed E-state index contributed by atoms with van der Waals surface area (Å²) in [5, 5.41) is 26.2. The summed E-state index contributed by atoms with van der Waals surface area (Å²) in [6.07, 6.45) is -0.791. The SMILES string of the molecule is Cc1ncn(-c2ccc(Nc3cc(C(F)(F)F)cn4cc(CO)nc34)cc2CO)n1. The van der Waals surface area contributed by atoms with Gasteiger partial charge in [0.2, 0.25) is 0 Å². The highest BCUT2D eigenvalue weighted by atomic mass is 19.4. The van der Waals surface area contributed by atoms with Gasteiger partial charge < -0.3 is 19.9 Å². The number of nitrogens with zero attached hydrogens (tertiary/aromatic N) is 5. The summed E-state index contributed by atoms with van der Waals surface area (Å²) in [5.41, 5.74) is 1.27. The van der Waals surface area contributed by atoms with Crippen LogP contribution in [-0.2, 0) is 19.4 Å². The molecule has 30 heavy (non-hydrogen) atoms. The molecule has 0 unspecified atom stereocenters. The van der Waals surface area contributed by atoms with Crippen LogP contribution in [0, 0.1) is 6.92 Å². The zero-order chi connectivity index (χ0) is 21.5. The number of hydrogen-bond donors (Lipinski definition) is 3. The topological polar surface area (TPSA) is 101 Å². The van der Waals surface area contributed by atoms with Crippen LogP contribution < -0.4 is 5.32 Å². The smallest absolute Gasteiger partial charge is 0.392 e. The molecule has 4 aromatic rings. The van der Waals surface area contributed by atoms with Gasteiger partial charge in [-0.05, 0) is 31.2 Å². The lowest BCUT2D eigenvalue weighted by Crippen LogP contribution is -2.08. The van der Waals surface area contributed by atoms with Crippen LogP contribution in [0.15, 0.2) is 43.0 Å². The first-order chi connectivity index (χ1) is 14.3. The Morgan fingerprint density at radius 3 is 2.53 bits per heavy atom. The number of hydrogen-bond acceptors (Lipinski definition) is 6. The summed E-state index contributed by atoms with van der Waals surface area (Å²) in [5.74, 6) is 0.562. The van der Waals surface area contributed by atoms with Crippen LogP contribution in [0.4, 0.5) is 24.5 Å². The normalized spacial score (nSPS) is 11.9. The standard InChI is InChI=1S/C19H17F3N6O2/c1-11-23-10-28(26-11)17-3-2-14(4-12(17)8-29)24-16-5-13(19(20,21)22)6-27-7-15(9-30)25-18(16)27/h2-7,10,24,29-30H,8-9H2,1H3. The summed E-state index contributed by atoms with van der Waals surface area (Å²) >= 11 is 0. The van der Waals surface area contributed by atoms with Crippen LogP contribution in [0.25, 0.3) is 11.3 Å². The van der Waals surface area contributed by atoms with Crippen molar-refractivity contribution in [1.82, 2.24) is 24.1 Å². The van der Waals surface area contributed by atoms with Gasteiger partial charge in [0.25, 0.3) is 0 Å². The minimum absolute atomic E-state index is 0.109. The molecule has 0 amide bonds. The molecular formula is C19H17F3N6O2. The van der Waals surface area contributed by atoms with Crippen molar-refractivity contribution >= 4 is 17.0 Å². The Labute approximate surface area is 168 Å². The molecule has 0 bridgehead atoms. The van der Waals surface area contributed by atoms with Gasteiger partial charge in [-0.15, -0.1) is 0 Å². The monoisotopic (exact) mass is 418 g/mol. The predicted molar refractivity (Wildman–Crippen MR) is 101 cm³/mol. The first-order valence-electron chi connectivity index (χ1n) is 8.87. The number of alkyl halides is 3. The average Bonchev–Trinajstić information content (AvgIpc) is 3.33. The third kappa shape index (κ3) is 3.72. The molecule has 0 aliphatic carbocycles. The summed E-state index contributed by atoms with van der Waals surface area (Å²) in [6.45, 7) is 1.03. The molecule has 0 radical (unpaired) electrons. The number of benzene rings is 1. The Balaban J connectivity index is 1.77. The molecule has 8 nitrogen and oxygen atoms in total. The Morgan fingerprint density at radius 2 is 1.90 bits per heavy atom. The van der Waals surface area contributed by atoms with E-state index in [-0.39, 0.29) is 23.6 Å². The van der Waals surface area contributed by atoms with Crippen molar-refractivity contribution in [3.8, 4) is 5.69 Å². The highest BCUT2D eigenvalue weighted by molar-refractivity contribution is 5.75. The highest BCUT2D eigenvalue weighted by Crippen LogP contribution is 2.34. The van der Waals surface area contributed by atoms with Gasteiger partial charge >= 0.3 is 6.18 Å². The largest absolute Gasteiger partial charge is 0.417 e. The van der Waals surface area contributed by atoms with Gasteiger partial charge in [-0.25, -0.2) is 14.6 Å². The molecule has 0 aliphatic rings. The number of imidazole rings is 1. The quantitative estimate of drug-likeness (QED) is 0.461. The van der Waals surface area contributed by atoms with E-state index in [1.165, 1.54) is 21.6 Å². The van der Waals surface area contributed by atoms with E-state index in [4.69, 9.17) is 0 Å². The Morgan fingerprint density at radius 1 is 1.10 bits per heavy atom. The molecule has 0 saturated carbocycles. The maximum atomic E-state index is 13.3. The van der Waals surface area contributed by atoms with E-state index in [0.717, 1.165) is 12.3 Å². The van der Waals surface area contributed by atoms with Gasteiger partial charge in [-0.2, -0.15) is 18.3 Å². The summed E-state index contributed by atoms with van der Waals surface area (Å²) in [6, 6.07) is 5.89. The van der Waals surface area contributed by atoms with Crippen molar-refractivity contribution in [2.45, 2.75) is 26.3 Å². The van der Waals surface area contributed by atoms with Crippen LogP contribution in [0.3, 0.4) is 0 Å². The summed E-state index contributed by atoms with van der Waals surface area (Å²) < 4.78 is 42.7. The number of nitrogens with one attached hydrogen (secondary N) is 1. The van der Waals surface area contributed by atoms with Gasteiger partial charge in [0.1, 0.15) is 12.2 Å². The van der Waals surface area contributed by atoms with E-state index in [1.807, 2.05) is 0 Å². The average molecular weight is 418 g/mol. The predicted octanol–water partition coefficient (Wildman–Crippen LogP) is 2.97. The molecule has 0 aliphatic heterocycles. The number of halogens is 3. The van der Waals surface area contributed by atoms with Gasteiger partial charge in [0.15, 0.2) is 5.65 Å². The summed E-state index contributed by atoms with van der Waals surface area (Å²) in [4.78, 5) is 8.22. The van der Waals surface area contributed by atoms with Crippen molar-refractivity contribution in [1.29, 1.82) is 0 Å². The maximum Gasteiger partial charge on any atom is 0.417 e. The lowest BCUT2D eigenvalue weighted by molar-refractivity contribution is -0.137. The molecular weight excluding hydrogens is 401 g/mol. The molecule has 156 valence electrons. The number of aromatic nitrogens is 5. The molecule has 4 rings (SSSR count). The van der Waals surface area contributed by atoms with E-state index in [0.29, 0.717) is 22.8 Å².